The molecule has 0 unspecified atom stereocenters. The number of rotatable bonds is 7. The van der Waals surface area contributed by atoms with Crippen LogP contribution in [0.5, 0.6) is 11.5 Å². The second-order valence-electron chi connectivity index (χ2n) is 5.37. The molecule has 0 aliphatic rings. The highest BCUT2D eigenvalue weighted by atomic mass is 79.9. The number of hydrogen-bond donors (Lipinski definition) is 2. The molecular formula is C18H17BrCl2N2O4. The lowest BCUT2D eigenvalue weighted by atomic mass is 10.2. The van der Waals surface area contributed by atoms with E-state index in [9.17, 15) is 9.59 Å². The van der Waals surface area contributed by atoms with Crippen LogP contribution in [0.25, 0.3) is 0 Å². The molecule has 2 rings (SSSR count). The Morgan fingerprint density at radius 1 is 0.963 bits per heavy atom. The molecule has 0 radical (unpaired) electrons. The maximum absolute atomic E-state index is 11.8. The van der Waals surface area contributed by atoms with Crippen LogP contribution in [0.15, 0.2) is 40.9 Å². The van der Waals surface area contributed by atoms with Gasteiger partial charge >= 0.3 is 0 Å². The highest BCUT2D eigenvalue weighted by molar-refractivity contribution is 9.10. The topological polar surface area (TPSA) is 76.7 Å². The third-order valence-electron chi connectivity index (χ3n) is 3.36. The number of ether oxygens (including phenoxy) is 2. The first-order valence-electron chi connectivity index (χ1n) is 7.95. The molecular weight excluding hydrogens is 459 g/mol. The summed E-state index contributed by atoms with van der Waals surface area (Å²) in [5, 5.41) is 0.743. The normalized spacial score (nSPS) is 10.2. The Labute approximate surface area is 175 Å². The molecule has 0 heterocycles. The van der Waals surface area contributed by atoms with E-state index in [0.29, 0.717) is 16.5 Å². The van der Waals surface area contributed by atoms with Crippen LogP contribution in [0.4, 0.5) is 0 Å². The van der Waals surface area contributed by atoms with Gasteiger partial charge in [0.05, 0.1) is 9.50 Å². The van der Waals surface area contributed by atoms with E-state index in [2.05, 4.69) is 26.8 Å². The summed E-state index contributed by atoms with van der Waals surface area (Å²) in [6.07, 6.45) is 0.898. The number of halogens is 3. The summed E-state index contributed by atoms with van der Waals surface area (Å²) in [5.41, 5.74) is 5.62. The number of hydrazine groups is 1. The fourth-order valence-corrected chi connectivity index (χ4v) is 2.98. The first-order valence-corrected chi connectivity index (χ1v) is 9.50. The van der Waals surface area contributed by atoms with Crippen LogP contribution in [0.1, 0.15) is 12.5 Å². The lowest BCUT2D eigenvalue weighted by Crippen LogP contribution is -2.45. The molecule has 0 aliphatic carbocycles. The molecule has 2 aromatic rings. The van der Waals surface area contributed by atoms with Gasteiger partial charge in [-0.2, -0.15) is 0 Å². The molecule has 0 aromatic heterocycles. The Morgan fingerprint density at radius 2 is 1.56 bits per heavy atom. The summed E-state index contributed by atoms with van der Waals surface area (Å²) < 4.78 is 11.4. The fraction of sp³-hybridized carbons (Fsp3) is 0.222. The van der Waals surface area contributed by atoms with Gasteiger partial charge in [-0.05, 0) is 58.2 Å². The van der Waals surface area contributed by atoms with Crippen LogP contribution in [0.3, 0.4) is 0 Å². The van der Waals surface area contributed by atoms with Crippen molar-refractivity contribution in [3.05, 3.63) is 56.5 Å². The molecule has 0 saturated heterocycles. The zero-order chi connectivity index (χ0) is 19.8. The Bertz CT molecular complexity index is 833. The number of nitrogens with one attached hydrogen (secondary N) is 2. The first kappa shape index (κ1) is 21.3. The predicted molar refractivity (Wildman–Crippen MR) is 107 cm³/mol. The van der Waals surface area contributed by atoms with Gasteiger partial charge < -0.3 is 9.47 Å². The molecule has 0 bridgehead atoms. The third kappa shape index (κ3) is 6.93. The number of hydrogen-bond acceptors (Lipinski definition) is 4. The molecule has 2 N–H and O–H groups in total. The van der Waals surface area contributed by atoms with Crippen LogP contribution in [0, 0.1) is 0 Å². The quantitative estimate of drug-likeness (QED) is 0.595. The largest absolute Gasteiger partial charge is 0.483 e. The van der Waals surface area contributed by atoms with Gasteiger partial charge in [-0.15, -0.1) is 0 Å². The number of carbonyl (C=O) groups is 2. The van der Waals surface area contributed by atoms with Crippen molar-refractivity contribution in [3.8, 4) is 11.5 Å². The van der Waals surface area contributed by atoms with Gasteiger partial charge in [-0.1, -0.05) is 36.2 Å². The predicted octanol–water partition coefficient (Wildman–Crippen LogP) is 3.92. The van der Waals surface area contributed by atoms with Gasteiger partial charge in [-0.25, -0.2) is 0 Å². The standard InChI is InChI=1S/C18H17BrCl2N2O4/c1-2-11-3-5-15(13(19)7-11)26-9-17(24)22-23-18(25)10-27-16-6-4-12(20)8-14(16)21/h3-8H,2,9-10H2,1H3,(H,22,24)(H,23,25). The SMILES string of the molecule is CCc1ccc(OCC(=O)NNC(=O)COc2ccc(Cl)cc2Cl)c(Br)c1. The summed E-state index contributed by atoms with van der Waals surface area (Å²) >= 11 is 15.1. The summed E-state index contributed by atoms with van der Waals surface area (Å²) in [4.78, 5) is 23.5. The minimum Gasteiger partial charge on any atom is -0.483 e. The summed E-state index contributed by atoms with van der Waals surface area (Å²) in [6.45, 7) is 1.46. The first-order chi connectivity index (χ1) is 12.9. The minimum absolute atomic E-state index is 0.256. The highest BCUT2D eigenvalue weighted by Crippen LogP contribution is 2.27. The molecule has 2 amide bonds. The number of amides is 2. The van der Waals surface area contributed by atoms with Crippen LogP contribution in [-0.2, 0) is 16.0 Å². The van der Waals surface area contributed by atoms with Gasteiger partial charge in [0.25, 0.3) is 11.8 Å². The number of benzene rings is 2. The van der Waals surface area contributed by atoms with Gasteiger partial charge in [-0.3, -0.25) is 20.4 Å². The monoisotopic (exact) mass is 474 g/mol. The molecule has 144 valence electrons. The summed E-state index contributed by atoms with van der Waals surface area (Å²) in [6, 6.07) is 10.3. The molecule has 0 atom stereocenters. The molecule has 0 saturated carbocycles. The van der Waals surface area contributed by atoms with Crippen molar-refractivity contribution in [1.82, 2.24) is 10.9 Å². The minimum atomic E-state index is -0.553. The lowest BCUT2D eigenvalue weighted by Gasteiger charge is -2.11. The Hall–Kier alpha value is -1.96. The van der Waals surface area contributed by atoms with Gasteiger partial charge in [0, 0.05) is 5.02 Å². The van der Waals surface area contributed by atoms with E-state index < -0.39 is 11.8 Å². The van der Waals surface area contributed by atoms with E-state index >= 15 is 0 Å². The molecule has 9 heteroatoms. The molecule has 27 heavy (non-hydrogen) atoms. The second-order valence-corrected chi connectivity index (χ2v) is 7.06. The molecule has 0 spiro atoms. The van der Waals surface area contributed by atoms with Crippen LogP contribution in [0.2, 0.25) is 10.0 Å². The Morgan fingerprint density at radius 3 is 2.11 bits per heavy atom. The van der Waals surface area contributed by atoms with Gasteiger partial charge in [0.15, 0.2) is 13.2 Å². The molecule has 2 aromatic carbocycles. The van der Waals surface area contributed by atoms with E-state index in [-0.39, 0.29) is 18.2 Å². The van der Waals surface area contributed by atoms with Crippen molar-refractivity contribution in [2.45, 2.75) is 13.3 Å². The summed E-state index contributed by atoms with van der Waals surface area (Å²) in [7, 11) is 0. The number of carbonyl (C=O) groups excluding carboxylic acids is 2. The molecule has 0 aliphatic heterocycles. The van der Waals surface area contributed by atoms with Gasteiger partial charge in [0.2, 0.25) is 0 Å². The third-order valence-corrected chi connectivity index (χ3v) is 4.51. The van der Waals surface area contributed by atoms with E-state index in [0.717, 1.165) is 16.5 Å². The van der Waals surface area contributed by atoms with Crippen molar-refractivity contribution in [3.63, 3.8) is 0 Å². The smallest absolute Gasteiger partial charge is 0.276 e. The van der Waals surface area contributed by atoms with E-state index in [1.165, 1.54) is 6.07 Å². The van der Waals surface area contributed by atoms with Crippen molar-refractivity contribution >= 4 is 50.9 Å². The van der Waals surface area contributed by atoms with Crippen molar-refractivity contribution < 1.29 is 19.1 Å². The van der Waals surface area contributed by atoms with Crippen molar-refractivity contribution in [2.24, 2.45) is 0 Å². The van der Waals surface area contributed by atoms with Crippen molar-refractivity contribution in [2.75, 3.05) is 13.2 Å². The zero-order valence-corrected chi connectivity index (χ0v) is 17.5. The number of aryl methyl sites for hydroxylation is 1. The molecule has 0 fully saturated rings. The van der Waals surface area contributed by atoms with E-state index in [4.69, 9.17) is 32.7 Å². The fourth-order valence-electron chi connectivity index (χ4n) is 1.97. The van der Waals surface area contributed by atoms with Crippen LogP contribution in [-0.4, -0.2) is 25.0 Å². The lowest BCUT2D eigenvalue weighted by molar-refractivity contribution is -0.131. The van der Waals surface area contributed by atoms with Crippen molar-refractivity contribution in [1.29, 1.82) is 0 Å². The zero-order valence-electron chi connectivity index (χ0n) is 14.4. The highest BCUT2D eigenvalue weighted by Gasteiger charge is 2.09. The van der Waals surface area contributed by atoms with Crippen LogP contribution < -0.4 is 20.3 Å². The van der Waals surface area contributed by atoms with Gasteiger partial charge in [0.1, 0.15) is 11.5 Å². The van der Waals surface area contributed by atoms with Crippen LogP contribution >= 0.6 is 39.1 Å². The van der Waals surface area contributed by atoms with E-state index in [1.807, 2.05) is 19.1 Å². The maximum Gasteiger partial charge on any atom is 0.276 e. The second kappa shape index (κ2) is 10.4. The Balaban J connectivity index is 1.72. The average molecular weight is 476 g/mol. The average Bonchev–Trinajstić information content (AvgIpc) is 2.64. The van der Waals surface area contributed by atoms with E-state index in [1.54, 1.807) is 18.2 Å². The molecule has 6 nitrogen and oxygen atoms in total. The Kier molecular flexibility index (Phi) is 8.22. The maximum atomic E-state index is 11.8. The summed E-state index contributed by atoms with van der Waals surface area (Å²) in [5.74, 6) is -0.220.